The Morgan fingerprint density at radius 1 is 1.11 bits per heavy atom. The molecule has 1 saturated heterocycles. The van der Waals surface area contributed by atoms with Crippen molar-refractivity contribution < 1.29 is 14.1 Å². The van der Waals surface area contributed by atoms with Crippen molar-refractivity contribution in [2.75, 3.05) is 43.4 Å². The average Bonchev–Trinajstić information content (AvgIpc) is 2.70. The van der Waals surface area contributed by atoms with E-state index in [1.165, 1.54) is 22.6 Å². The van der Waals surface area contributed by atoms with Gasteiger partial charge in [-0.25, -0.2) is 4.39 Å². The number of hydrogen-bond acceptors (Lipinski definition) is 2. The number of hydrogen-bond donors (Lipinski definition) is 3. The van der Waals surface area contributed by atoms with Crippen molar-refractivity contribution in [1.82, 2.24) is 4.90 Å². The molecule has 0 unspecified atom stereocenters. The van der Waals surface area contributed by atoms with Crippen molar-refractivity contribution in [3.05, 3.63) is 59.9 Å². The molecule has 2 aromatic carbocycles. The number of amides is 1. The molecule has 1 fully saturated rings. The van der Waals surface area contributed by atoms with Crippen LogP contribution in [0.1, 0.15) is 12.5 Å². The zero-order valence-corrected chi connectivity index (χ0v) is 16.8. The molecule has 0 atom stereocenters. The van der Waals surface area contributed by atoms with E-state index in [9.17, 15) is 9.18 Å². The lowest BCUT2D eigenvalue weighted by Crippen LogP contribution is -3.15. The third kappa shape index (κ3) is 5.74. The molecule has 0 aliphatic carbocycles. The molecule has 5 nitrogen and oxygen atoms in total. The maximum Gasteiger partial charge on any atom is 0.279 e. The van der Waals surface area contributed by atoms with Crippen molar-refractivity contribution in [3.8, 4) is 0 Å². The van der Waals surface area contributed by atoms with Crippen LogP contribution in [0.15, 0.2) is 48.5 Å². The molecule has 1 aliphatic heterocycles. The zero-order valence-electron chi connectivity index (χ0n) is 16.0. The van der Waals surface area contributed by atoms with Gasteiger partial charge in [0, 0.05) is 11.4 Å². The highest BCUT2D eigenvalue weighted by atomic mass is 32.1. The summed E-state index contributed by atoms with van der Waals surface area (Å²) in [6.45, 7) is 5.81. The van der Waals surface area contributed by atoms with Gasteiger partial charge in [-0.2, -0.15) is 0 Å². The van der Waals surface area contributed by atoms with Crippen LogP contribution >= 0.6 is 12.2 Å². The second-order valence-corrected chi connectivity index (χ2v) is 7.34. The number of carbonyl (C=O) groups is 1. The number of aryl methyl sites for hydroxylation is 1. The summed E-state index contributed by atoms with van der Waals surface area (Å²) in [5.41, 5.74) is 2.90. The average molecular weight is 402 g/mol. The molecule has 28 heavy (non-hydrogen) atoms. The maximum atomic E-state index is 12.9. The van der Waals surface area contributed by atoms with Crippen molar-refractivity contribution in [3.63, 3.8) is 0 Å². The molecule has 1 heterocycles. The molecular formula is C21H26FN4OS+. The van der Waals surface area contributed by atoms with E-state index in [1.54, 1.807) is 12.1 Å². The summed E-state index contributed by atoms with van der Waals surface area (Å²) >= 11 is 5.55. The Bertz CT molecular complexity index is 819. The number of quaternary nitrogens is 1. The molecule has 0 radical (unpaired) electrons. The standard InChI is InChI=1S/C21H25FN4OS/c1-2-16-4-3-5-19(14-16)24-21(28)26-12-10-25(11-13-26)15-20(27)23-18-8-6-17(22)7-9-18/h3-9,14H,2,10-13,15H2,1H3,(H,23,27)(H,24,28)/p+1. The minimum absolute atomic E-state index is 0.0628. The Balaban J connectivity index is 1.43. The fourth-order valence-corrected chi connectivity index (χ4v) is 3.54. The van der Waals surface area contributed by atoms with Gasteiger partial charge in [-0.05, 0) is 60.6 Å². The lowest BCUT2D eigenvalue weighted by atomic mass is 10.1. The van der Waals surface area contributed by atoms with Gasteiger partial charge in [-0.1, -0.05) is 19.1 Å². The van der Waals surface area contributed by atoms with Gasteiger partial charge < -0.3 is 20.4 Å². The molecular weight excluding hydrogens is 375 g/mol. The number of nitrogens with zero attached hydrogens (tertiary/aromatic N) is 1. The van der Waals surface area contributed by atoms with Crippen LogP contribution in [-0.2, 0) is 11.2 Å². The third-order valence-corrected chi connectivity index (χ3v) is 5.24. The first-order chi connectivity index (χ1) is 13.5. The van der Waals surface area contributed by atoms with Gasteiger partial charge in [0.1, 0.15) is 5.82 Å². The number of benzene rings is 2. The first kappa shape index (κ1) is 20.2. The SMILES string of the molecule is CCc1cccc(NC(=S)N2CC[NH+](CC(=O)Nc3ccc(F)cc3)CC2)c1. The highest BCUT2D eigenvalue weighted by molar-refractivity contribution is 7.80. The van der Waals surface area contributed by atoms with E-state index in [4.69, 9.17) is 12.2 Å². The number of piperazine rings is 1. The maximum absolute atomic E-state index is 12.9. The van der Waals surface area contributed by atoms with Gasteiger partial charge in [0.25, 0.3) is 5.91 Å². The predicted octanol–water partition coefficient (Wildman–Crippen LogP) is 1.92. The van der Waals surface area contributed by atoms with Gasteiger partial charge >= 0.3 is 0 Å². The van der Waals surface area contributed by atoms with E-state index < -0.39 is 0 Å². The number of anilines is 2. The number of nitrogens with one attached hydrogen (secondary N) is 3. The van der Waals surface area contributed by atoms with Crippen molar-refractivity contribution in [2.24, 2.45) is 0 Å². The lowest BCUT2D eigenvalue weighted by Gasteiger charge is -2.33. The summed E-state index contributed by atoms with van der Waals surface area (Å²) in [5.74, 6) is -0.377. The van der Waals surface area contributed by atoms with Crippen LogP contribution < -0.4 is 15.5 Å². The van der Waals surface area contributed by atoms with Crippen LogP contribution in [0.3, 0.4) is 0 Å². The summed E-state index contributed by atoms with van der Waals surface area (Å²) < 4.78 is 12.9. The Labute approximate surface area is 170 Å². The third-order valence-electron chi connectivity index (χ3n) is 4.88. The number of thiocarbonyl (C=S) groups is 1. The molecule has 7 heteroatoms. The lowest BCUT2D eigenvalue weighted by molar-refractivity contribution is -0.895. The highest BCUT2D eigenvalue weighted by Gasteiger charge is 2.23. The quantitative estimate of drug-likeness (QED) is 0.670. The Morgan fingerprint density at radius 2 is 1.82 bits per heavy atom. The Hall–Kier alpha value is -2.51. The van der Waals surface area contributed by atoms with Crippen LogP contribution in [0.2, 0.25) is 0 Å². The molecule has 0 spiro atoms. The van der Waals surface area contributed by atoms with Crippen LogP contribution in [0.5, 0.6) is 0 Å². The minimum Gasteiger partial charge on any atom is -0.338 e. The largest absolute Gasteiger partial charge is 0.338 e. The monoisotopic (exact) mass is 401 g/mol. The smallest absolute Gasteiger partial charge is 0.279 e. The zero-order chi connectivity index (χ0) is 19.9. The highest BCUT2D eigenvalue weighted by Crippen LogP contribution is 2.12. The molecule has 1 amide bonds. The van der Waals surface area contributed by atoms with E-state index in [-0.39, 0.29) is 11.7 Å². The Kier molecular flexibility index (Phi) is 6.95. The van der Waals surface area contributed by atoms with Crippen LogP contribution in [0.4, 0.5) is 15.8 Å². The van der Waals surface area contributed by atoms with Gasteiger partial charge in [0.15, 0.2) is 11.7 Å². The van der Waals surface area contributed by atoms with Crippen molar-refractivity contribution in [2.45, 2.75) is 13.3 Å². The first-order valence-corrected chi connectivity index (χ1v) is 9.98. The molecule has 0 bridgehead atoms. The molecule has 2 aromatic rings. The molecule has 0 aromatic heterocycles. The predicted molar refractivity (Wildman–Crippen MR) is 114 cm³/mol. The van der Waals surface area contributed by atoms with Gasteiger partial charge in [-0.15, -0.1) is 0 Å². The summed E-state index contributed by atoms with van der Waals surface area (Å²) in [6, 6.07) is 14.1. The fraction of sp³-hybridized carbons (Fsp3) is 0.333. The molecule has 3 N–H and O–H groups in total. The molecule has 1 aliphatic rings. The van der Waals surface area contributed by atoms with Gasteiger partial charge in [-0.3, -0.25) is 4.79 Å². The van der Waals surface area contributed by atoms with E-state index in [1.807, 2.05) is 12.1 Å². The normalized spacial score (nSPS) is 14.6. The minimum atomic E-state index is -0.314. The summed E-state index contributed by atoms with van der Waals surface area (Å²) in [7, 11) is 0. The molecule has 0 saturated carbocycles. The number of rotatable bonds is 5. The summed E-state index contributed by atoms with van der Waals surface area (Å²) in [5, 5.41) is 6.86. The van der Waals surface area contributed by atoms with E-state index in [0.29, 0.717) is 12.2 Å². The number of carbonyl (C=O) groups excluding carboxylic acids is 1. The van der Waals surface area contributed by atoms with Crippen molar-refractivity contribution in [1.29, 1.82) is 0 Å². The first-order valence-electron chi connectivity index (χ1n) is 9.57. The fourth-order valence-electron chi connectivity index (χ4n) is 3.24. The number of halogens is 1. The van der Waals surface area contributed by atoms with E-state index >= 15 is 0 Å². The summed E-state index contributed by atoms with van der Waals surface area (Å²) in [6.07, 6.45) is 0.990. The second-order valence-electron chi connectivity index (χ2n) is 6.95. The second kappa shape index (κ2) is 9.61. The molecule has 3 rings (SSSR count). The van der Waals surface area contributed by atoms with E-state index in [0.717, 1.165) is 43.4 Å². The van der Waals surface area contributed by atoms with Gasteiger partial charge in [0.05, 0.1) is 26.2 Å². The molecule has 148 valence electrons. The Morgan fingerprint density at radius 3 is 2.50 bits per heavy atom. The topological polar surface area (TPSA) is 48.8 Å². The van der Waals surface area contributed by atoms with Crippen LogP contribution in [-0.4, -0.2) is 48.6 Å². The van der Waals surface area contributed by atoms with Crippen LogP contribution in [0.25, 0.3) is 0 Å². The summed E-state index contributed by atoms with van der Waals surface area (Å²) in [4.78, 5) is 15.6. The van der Waals surface area contributed by atoms with Crippen LogP contribution in [0, 0.1) is 5.82 Å². The van der Waals surface area contributed by atoms with Gasteiger partial charge in [0.2, 0.25) is 0 Å². The van der Waals surface area contributed by atoms with Crippen molar-refractivity contribution >= 4 is 34.6 Å². The van der Waals surface area contributed by atoms with E-state index in [2.05, 4.69) is 34.6 Å².